The van der Waals surface area contributed by atoms with Crippen molar-refractivity contribution < 1.29 is 4.74 Å². The lowest BCUT2D eigenvalue weighted by molar-refractivity contribution is 0.481. The predicted molar refractivity (Wildman–Crippen MR) is 76.5 cm³/mol. The summed E-state index contributed by atoms with van der Waals surface area (Å²) in [7, 11) is 0. The molecule has 2 rings (SSSR count). The van der Waals surface area contributed by atoms with Crippen LogP contribution in [0.4, 0.5) is 0 Å². The van der Waals surface area contributed by atoms with Crippen LogP contribution in [0.3, 0.4) is 0 Å². The highest BCUT2D eigenvalue weighted by Gasteiger charge is 2.08. The Balaban J connectivity index is 2.36. The van der Waals surface area contributed by atoms with Gasteiger partial charge in [0.15, 0.2) is 0 Å². The number of benzene rings is 2. The lowest BCUT2D eigenvalue weighted by atomic mass is 10.2. The Morgan fingerprint density at radius 2 is 1.82 bits per heavy atom. The number of halogens is 1. The lowest BCUT2D eigenvalue weighted by Crippen LogP contribution is -2.10. The molecule has 0 saturated heterocycles. The van der Waals surface area contributed by atoms with E-state index in [1.54, 1.807) is 0 Å². The van der Waals surface area contributed by atoms with Crippen LogP contribution in [0.1, 0.15) is 5.56 Å². The Hall–Kier alpha value is -1.39. The second kappa shape index (κ2) is 5.29. The third-order valence-corrected chi connectivity index (χ3v) is 2.89. The van der Waals surface area contributed by atoms with E-state index in [2.05, 4.69) is 15.9 Å². The highest BCUT2D eigenvalue weighted by atomic mass is 79.9. The first kappa shape index (κ1) is 12.1. The second-order valence-corrected chi connectivity index (χ2v) is 4.78. The number of hydrogen-bond donors (Lipinski definition) is 1. The van der Waals surface area contributed by atoms with Gasteiger partial charge in [-0.05, 0) is 30.3 Å². The van der Waals surface area contributed by atoms with Crippen LogP contribution >= 0.6 is 28.1 Å². The minimum absolute atomic E-state index is 0.317. The Morgan fingerprint density at radius 1 is 1.12 bits per heavy atom. The summed E-state index contributed by atoms with van der Waals surface area (Å²) in [6.45, 7) is 0. The van der Waals surface area contributed by atoms with Crippen molar-refractivity contribution in [1.29, 1.82) is 0 Å². The molecule has 0 fully saturated rings. The molecule has 0 unspecified atom stereocenters. The summed E-state index contributed by atoms with van der Waals surface area (Å²) in [6, 6.07) is 15.1. The van der Waals surface area contributed by atoms with Gasteiger partial charge in [0, 0.05) is 4.47 Å². The molecule has 86 valence electrons. The van der Waals surface area contributed by atoms with Gasteiger partial charge in [-0.1, -0.05) is 46.3 Å². The van der Waals surface area contributed by atoms with Crippen molar-refractivity contribution in [2.45, 2.75) is 0 Å². The molecule has 2 nitrogen and oxygen atoms in total. The van der Waals surface area contributed by atoms with Crippen molar-refractivity contribution in [1.82, 2.24) is 0 Å². The number of ether oxygens (including phenoxy) is 1. The SMILES string of the molecule is NC(=S)c1cc(Br)ccc1Oc1ccccc1. The number of hydrogen-bond acceptors (Lipinski definition) is 2. The number of nitrogens with two attached hydrogens (primary N) is 1. The van der Waals surface area contributed by atoms with Gasteiger partial charge in [0.2, 0.25) is 0 Å². The first-order valence-electron chi connectivity index (χ1n) is 4.99. The molecule has 2 aromatic carbocycles. The van der Waals surface area contributed by atoms with E-state index in [9.17, 15) is 0 Å². The fraction of sp³-hybridized carbons (Fsp3) is 0. The summed E-state index contributed by atoms with van der Waals surface area (Å²) < 4.78 is 6.65. The van der Waals surface area contributed by atoms with Crippen LogP contribution < -0.4 is 10.5 Å². The van der Waals surface area contributed by atoms with Crippen LogP contribution in [0.15, 0.2) is 53.0 Å². The molecule has 2 aromatic rings. The zero-order valence-electron chi connectivity index (χ0n) is 8.89. The summed E-state index contributed by atoms with van der Waals surface area (Å²) in [5.41, 5.74) is 6.39. The Kier molecular flexibility index (Phi) is 3.76. The van der Waals surface area contributed by atoms with E-state index >= 15 is 0 Å². The van der Waals surface area contributed by atoms with Crippen molar-refractivity contribution >= 4 is 33.1 Å². The smallest absolute Gasteiger partial charge is 0.137 e. The molecule has 0 atom stereocenters. The largest absolute Gasteiger partial charge is 0.457 e. The van der Waals surface area contributed by atoms with Crippen molar-refractivity contribution in [2.24, 2.45) is 5.73 Å². The minimum atomic E-state index is 0.317. The molecule has 2 N–H and O–H groups in total. The van der Waals surface area contributed by atoms with Gasteiger partial charge in [-0.15, -0.1) is 0 Å². The van der Waals surface area contributed by atoms with E-state index in [-0.39, 0.29) is 0 Å². The van der Waals surface area contributed by atoms with Gasteiger partial charge in [0.25, 0.3) is 0 Å². The highest BCUT2D eigenvalue weighted by Crippen LogP contribution is 2.27. The molecule has 0 bridgehead atoms. The standard InChI is InChI=1S/C13H10BrNOS/c14-9-6-7-12(11(8-9)13(15)17)16-10-4-2-1-3-5-10/h1-8H,(H2,15,17). The molecule has 0 aliphatic heterocycles. The van der Waals surface area contributed by atoms with E-state index in [4.69, 9.17) is 22.7 Å². The molecule has 0 spiro atoms. The van der Waals surface area contributed by atoms with Crippen LogP contribution in [0.25, 0.3) is 0 Å². The maximum Gasteiger partial charge on any atom is 0.137 e. The molecule has 0 aliphatic rings. The zero-order valence-corrected chi connectivity index (χ0v) is 11.3. The molecule has 17 heavy (non-hydrogen) atoms. The van der Waals surface area contributed by atoms with Crippen LogP contribution in [0.2, 0.25) is 0 Å². The van der Waals surface area contributed by atoms with E-state index in [0.717, 1.165) is 15.8 Å². The van der Waals surface area contributed by atoms with E-state index in [1.165, 1.54) is 0 Å². The molecule has 0 aromatic heterocycles. The van der Waals surface area contributed by atoms with Gasteiger partial charge < -0.3 is 10.5 Å². The average molecular weight is 308 g/mol. The van der Waals surface area contributed by atoms with Gasteiger partial charge in [-0.25, -0.2) is 0 Å². The van der Waals surface area contributed by atoms with Crippen molar-refractivity contribution in [2.75, 3.05) is 0 Å². The van der Waals surface area contributed by atoms with Gasteiger partial charge in [-0.2, -0.15) is 0 Å². The number of thiocarbonyl (C=S) groups is 1. The number of rotatable bonds is 3. The minimum Gasteiger partial charge on any atom is -0.457 e. The van der Waals surface area contributed by atoms with Crippen LogP contribution in [0, 0.1) is 0 Å². The Labute approximate surface area is 114 Å². The van der Waals surface area contributed by atoms with Crippen molar-refractivity contribution in [3.8, 4) is 11.5 Å². The van der Waals surface area contributed by atoms with Gasteiger partial charge in [0.1, 0.15) is 16.5 Å². The molecular weight excluding hydrogens is 298 g/mol. The van der Waals surface area contributed by atoms with Crippen LogP contribution in [-0.2, 0) is 0 Å². The maximum atomic E-state index is 5.74. The van der Waals surface area contributed by atoms with Crippen LogP contribution in [-0.4, -0.2) is 4.99 Å². The maximum absolute atomic E-state index is 5.74. The summed E-state index contributed by atoms with van der Waals surface area (Å²) in [6.07, 6.45) is 0. The van der Waals surface area contributed by atoms with E-state index < -0.39 is 0 Å². The predicted octanol–water partition coefficient (Wildman–Crippen LogP) is 3.88. The topological polar surface area (TPSA) is 35.2 Å². The third kappa shape index (κ3) is 3.05. The third-order valence-electron chi connectivity index (χ3n) is 2.18. The number of para-hydroxylation sites is 1. The lowest BCUT2D eigenvalue weighted by Gasteiger charge is -2.10. The monoisotopic (exact) mass is 307 g/mol. The fourth-order valence-electron chi connectivity index (χ4n) is 1.40. The van der Waals surface area contributed by atoms with Gasteiger partial charge >= 0.3 is 0 Å². The van der Waals surface area contributed by atoms with Gasteiger partial charge in [-0.3, -0.25) is 0 Å². The fourth-order valence-corrected chi connectivity index (χ4v) is 1.92. The first-order valence-corrected chi connectivity index (χ1v) is 6.19. The molecule has 0 heterocycles. The Bertz CT molecular complexity index is 542. The first-order chi connectivity index (χ1) is 8.16. The molecule has 0 aliphatic carbocycles. The zero-order chi connectivity index (χ0) is 12.3. The molecule has 4 heteroatoms. The average Bonchev–Trinajstić information content (AvgIpc) is 2.32. The van der Waals surface area contributed by atoms with Crippen LogP contribution in [0.5, 0.6) is 11.5 Å². The Morgan fingerprint density at radius 3 is 2.47 bits per heavy atom. The molecule has 0 saturated carbocycles. The summed E-state index contributed by atoms with van der Waals surface area (Å²) in [4.78, 5) is 0.317. The highest BCUT2D eigenvalue weighted by molar-refractivity contribution is 9.10. The quantitative estimate of drug-likeness (QED) is 0.874. The van der Waals surface area contributed by atoms with E-state index in [0.29, 0.717) is 10.7 Å². The summed E-state index contributed by atoms with van der Waals surface area (Å²) in [5.74, 6) is 1.42. The normalized spacial score (nSPS) is 9.94. The van der Waals surface area contributed by atoms with Crippen molar-refractivity contribution in [3.63, 3.8) is 0 Å². The molecular formula is C13H10BrNOS. The second-order valence-electron chi connectivity index (χ2n) is 3.42. The summed E-state index contributed by atoms with van der Waals surface area (Å²) >= 11 is 8.38. The van der Waals surface area contributed by atoms with Crippen molar-refractivity contribution in [3.05, 3.63) is 58.6 Å². The molecule has 0 amide bonds. The molecule has 0 radical (unpaired) electrons. The summed E-state index contributed by atoms with van der Waals surface area (Å²) in [5, 5.41) is 0. The van der Waals surface area contributed by atoms with E-state index in [1.807, 2.05) is 48.5 Å². The van der Waals surface area contributed by atoms with Gasteiger partial charge in [0.05, 0.1) is 5.56 Å².